The van der Waals surface area contributed by atoms with E-state index in [1.807, 2.05) is 41.5 Å². The second kappa shape index (κ2) is 11.3. The lowest BCUT2D eigenvalue weighted by molar-refractivity contribution is -0.133. The van der Waals surface area contributed by atoms with Gasteiger partial charge < -0.3 is 25.4 Å². The number of hydrogen-bond acceptors (Lipinski definition) is 6. The van der Waals surface area contributed by atoms with Gasteiger partial charge in [-0.3, -0.25) is 19.3 Å². The molecule has 2 rings (SSSR count). The number of nitrogens with one attached hydrogen (secondary N) is 1. The third kappa shape index (κ3) is 8.74. The Kier molecular flexibility index (Phi) is 9.18. The van der Waals surface area contributed by atoms with Gasteiger partial charge in [0.25, 0.3) is 11.8 Å². The lowest BCUT2D eigenvalue weighted by Crippen LogP contribution is -2.56. The first-order valence-corrected chi connectivity index (χ1v) is 11.4. The zero-order chi connectivity index (χ0) is 26.6. The molecule has 1 aromatic rings. The average molecular weight is 499 g/mol. The van der Waals surface area contributed by atoms with E-state index in [0.29, 0.717) is 13.1 Å². The fraction of sp³-hybridized carbons (Fsp3) is 0.625. The normalized spacial score (nSPS) is 15.9. The van der Waals surface area contributed by atoms with Crippen LogP contribution in [0.1, 0.15) is 41.5 Å². The maximum absolute atomic E-state index is 13.2. The zero-order valence-electron chi connectivity index (χ0n) is 21.2. The van der Waals surface area contributed by atoms with Crippen LogP contribution in [0.2, 0.25) is 0 Å². The first-order chi connectivity index (χ1) is 16.1. The summed E-state index contributed by atoms with van der Waals surface area (Å²) in [5.74, 6) is -2.20. The molecule has 1 aromatic carbocycles. The Bertz CT molecular complexity index is 911. The van der Waals surface area contributed by atoms with E-state index >= 15 is 0 Å². The number of carbonyl (C=O) groups excluding carboxylic acids is 3. The lowest BCUT2D eigenvalue weighted by Gasteiger charge is -2.38. The molecule has 1 aliphatic heterocycles. The van der Waals surface area contributed by atoms with Gasteiger partial charge in [-0.05, 0) is 23.0 Å². The Hall–Kier alpha value is -2.79. The summed E-state index contributed by atoms with van der Waals surface area (Å²) in [6, 6.07) is 2.76. The van der Waals surface area contributed by atoms with E-state index in [2.05, 4.69) is 10.1 Å². The van der Waals surface area contributed by atoms with Gasteiger partial charge in [0, 0.05) is 31.4 Å². The predicted octanol–water partition coefficient (Wildman–Crippen LogP) is 2.84. The number of amides is 3. The molecule has 1 aliphatic rings. The third-order valence-electron chi connectivity index (χ3n) is 4.96. The number of ether oxygens (including phenoxy) is 2. The number of benzene rings is 1. The van der Waals surface area contributed by atoms with Crippen molar-refractivity contribution >= 4 is 29.1 Å². The molecule has 1 saturated heterocycles. The molecule has 1 heterocycles. The molecular formula is C24H36F2N4O5. The van der Waals surface area contributed by atoms with Crippen LogP contribution in [0.5, 0.6) is 5.75 Å². The molecule has 0 bridgehead atoms. The van der Waals surface area contributed by atoms with Gasteiger partial charge in [0.05, 0.1) is 12.3 Å². The number of morpholine rings is 1. The minimum Gasteiger partial charge on any atom is -0.433 e. The Morgan fingerprint density at radius 3 is 2.26 bits per heavy atom. The summed E-state index contributed by atoms with van der Waals surface area (Å²) in [4.78, 5) is 40.8. The molecule has 0 radical (unpaired) electrons. The summed E-state index contributed by atoms with van der Waals surface area (Å²) in [5, 5.41) is 2.60. The highest BCUT2D eigenvalue weighted by Crippen LogP contribution is 2.34. The molecule has 1 atom stereocenters. The number of carbonyl (C=O) groups is 3. The van der Waals surface area contributed by atoms with E-state index in [9.17, 15) is 23.2 Å². The van der Waals surface area contributed by atoms with Crippen molar-refractivity contribution in [1.29, 1.82) is 0 Å². The molecule has 0 aliphatic carbocycles. The average Bonchev–Trinajstić information content (AvgIpc) is 2.65. The van der Waals surface area contributed by atoms with E-state index in [4.69, 9.17) is 10.5 Å². The molecule has 9 nitrogen and oxygen atoms in total. The summed E-state index contributed by atoms with van der Waals surface area (Å²) in [7, 11) is 0. The van der Waals surface area contributed by atoms with Crippen LogP contribution < -0.4 is 20.7 Å². The second-order valence-electron chi connectivity index (χ2n) is 11.0. The van der Waals surface area contributed by atoms with Gasteiger partial charge in [0.1, 0.15) is 6.61 Å². The van der Waals surface area contributed by atoms with Gasteiger partial charge in [-0.2, -0.15) is 8.78 Å². The highest BCUT2D eigenvalue weighted by atomic mass is 19.3. The largest absolute Gasteiger partial charge is 0.433 e. The molecule has 0 unspecified atom stereocenters. The minimum atomic E-state index is -3.15. The zero-order valence-corrected chi connectivity index (χ0v) is 21.2. The summed E-state index contributed by atoms with van der Waals surface area (Å²) in [5.41, 5.74) is 5.42. The second-order valence-corrected chi connectivity index (χ2v) is 11.0. The summed E-state index contributed by atoms with van der Waals surface area (Å²) in [6.45, 7) is 9.83. The first-order valence-electron chi connectivity index (χ1n) is 11.4. The van der Waals surface area contributed by atoms with Gasteiger partial charge in [0.15, 0.2) is 11.8 Å². The first kappa shape index (κ1) is 28.4. The van der Waals surface area contributed by atoms with Crippen LogP contribution in [-0.2, 0) is 19.1 Å². The molecule has 35 heavy (non-hydrogen) atoms. The maximum atomic E-state index is 13.2. The molecule has 0 saturated carbocycles. The lowest BCUT2D eigenvalue weighted by atomic mass is 9.90. The molecular weight excluding hydrogens is 462 g/mol. The topological polar surface area (TPSA) is 114 Å². The number of nitrogens with two attached hydrogens (primary N) is 1. The van der Waals surface area contributed by atoms with Crippen molar-refractivity contribution < 1.29 is 32.6 Å². The maximum Gasteiger partial charge on any atom is 0.387 e. The Labute approximate surface area is 204 Å². The van der Waals surface area contributed by atoms with E-state index in [1.54, 1.807) is 4.90 Å². The van der Waals surface area contributed by atoms with Crippen molar-refractivity contribution in [3.63, 3.8) is 0 Å². The number of primary amides is 1. The fourth-order valence-corrected chi connectivity index (χ4v) is 3.92. The smallest absolute Gasteiger partial charge is 0.387 e. The number of anilines is 2. The summed E-state index contributed by atoms with van der Waals surface area (Å²) >= 11 is 0. The Balaban J connectivity index is 2.36. The number of hydrogen-bond donors (Lipinski definition) is 2. The van der Waals surface area contributed by atoms with Crippen LogP contribution in [0.15, 0.2) is 18.2 Å². The molecule has 1 fully saturated rings. The van der Waals surface area contributed by atoms with Gasteiger partial charge in [0.2, 0.25) is 5.91 Å². The van der Waals surface area contributed by atoms with Crippen LogP contribution in [0.4, 0.5) is 20.2 Å². The molecule has 196 valence electrons. The van der Waals surface area contributed by atoms with Crippen molar-refractivity contribution in [1.82, 2.24) is 4.90 Å². The SMILES string of the molecule is CC(C)(C)CN(CC(C)(C)C)[C@@H](C(N)=O)C(=O)Nc1ccc(N2CCOCC2=O)c(OC(F)F)c1. The highest BCUT2D eigenvalue weighted by Gasteiger charge is 2.36. The van der Waals surface area contributed by atoms with Crippen LogP contribution in [0.25, 0.3) is 0 Å². The third-order valence-corrected chi connectivity index (χ3v) is 4.96. The van der Waals surface area contributed by atoms with E-state index in [1.165, 1.54) is 23.1 Å². The van der Waals surface area contributed by atoms with Crippen molar-refractivity contribution in [2.45, 2.75) is 54.2 Å². The van der Waals surface area contributed by atoms with Crippen molar-refractivity contribution in [2.75, 3.05) is 43.1 Å². The Morgan fingerprint density at radius 2 is 1.77 bits per heavy atom. The van der Waals surface area contributed by atoms with E-state index < -0.39 is 30.4 Å². The van der Waals surface area contributed by atoms with Crippen molar-refractivity contribution in [3.8, 4) is 5.75 Å². The number of halogens is 2. The van der Waals surface area contributed by atoms with E-state index in [0.717, 1.165) is 0 Å². The van der Waals surface area contributed by atoms with E-state index in [-0.39, 0.29) is 47.7 Å². The molecule has 3 N–H and O–H groups in total. The van der Waals surface area contributed by atoms with Gasteiger partial charge in [-0.25, -0.2) is 0 Å². The van der Waals surface area contributed by atoms with Gasteiger partial charge >= 0.3 is 6.61 Å². The molecule has 3 amide bonds. The molecule has 0 aromatic heterocycles. The summed E-state index contributed by atoms with van der Waals surface area (Å²) < 4.78 is 35.9. The standard InChI is InChI=1S/C24H36F2N4O5/c1-23(2,3)13-29(14-24(4,5)6)19(20(27)32)21(33)28-15-7-8-16(17(11-15)35-22(25)26)30-9-10-34-12-18(30)31/h7-8,11,19,22H,9-10,12-14H2,1-6H3,(H2,27,32)(H,28,33)/t19-/m0/s1. The van der Waals surface area contributed by atoms with Crippen LogP contribution in [-0.4, -0.2) is 68.1 Å². The summed E-state index contributed by atoms with van der Waals surface area (Å²) in [6.07, 6.45) is 0. The van der Waals surface area contributed by atoms with Gasteiger partial charge in [-0.15, -0.1) is 0 Å². The number of alkyl halides is 2. The Morgan fingerprint density at radius 1 is 1.17 bits per heavy atom. The minimum absolute atomic E-state index is 0.118. The molecule has 11 heteroatoms. The molecule has 0 spiro atoms. The predicted molar refractivity (Wildman–Crippen MR) is 128 cm³/mol. The quantitative estimate of drug-likeness (QED) is 0.506. The van der Waals surface area contributed by atoms with Crippen molar-refractivity contribution in [3.05, 3.63) is 18.2 Å². The number of nitrogens with zero attached hydrogens (tertiary/aromatic N) is 2. The monoisotopic (exact) mass is 498 g/mol. The fourth-order valence-electron chi connectivity index (χ4n) is 3.92. The highest BCUT2D eigenvalue weighted by molar-refractivity contribution is 6.09. The van der Waals surface area contributed by atoms with Crippen molar-refractivity contribution in [2.24, 2.45) is 16.6 Å². The van der Waals surface area contributed by atoms with Gasteiger partial charge in [-0.1, -0.05) is 41.5 Å². The van der Waals surface area contributed by atoms with Crippen LogP contribution in [0.3, 0.4) is 0 Å². The number of rotatable bonds is 9. The van der Waals surface area contributed by atoms with Crippen LogP contribution >= 0.6 is 0 Å². The van der Waals surface area contributed by atoms with Crippen LogP contribution in [0, 0.1) is 10.8 Å².